The quantitative estimate of drug-likeness (QED) is 0.806. The van der Waals surface area contributed by atoms with Crippen molar-refractivity contribution in [3.05, 3.63) is 16.1 Å². The molecule has 0 aliphatic heterocycles. The molecule has 11 heavy (non-hydrogen) atoms. The van der Waals surface area contributed by atoms with Crippen LogP contribution >= 0.6 is 15.9 Å². The molecule has 0 radical (unpaired) electrons. The van der Waals surface area contributed by atoms with E-state index >= 15 is 0 Å². The van der Waals surface area contributed by atoms with Crippen molar-refractivity contribution in [1.29, 1.82) is 0 Å². The third-order valence-corrected chi connectivity index (χ3v) is 2.12. The van der Waals surface area contributed by atoms with Gasteiger partial charge in [0.25, 0.3) is 0 Å². The summed E-state index contributed by atoms with van der Waals surface area (Å²) in [7, 11) is 1.92. The summed E-state index contributed by atoms with van der Waals surface area (Å²) in [6, 6.07) is 0. The molecule has 0 fully saturated rings. The van der Waals surface area contributed by atoms with Crippen LogP contribution in [-0.4, -0.2) is 17.0 Å². The van der Waals surface area contributed by atoms with E-state index in [-0.39, 0.29) is 0 Å². The standard InChI is InChI=1S/C7H12BrN3/c1-3-6-10-5(4-9-2)7(8)11-6/h9H,3-4H2,1-2H3,(H,10,11). The first-order valence-corrected chi connectivity index (χ1v) is 4.45. The van der Waals surface area contributed by atoms with Gasteiger partial charge in [0.1, 0.15) is 10.4 Å². The van der Waals surface area contributed by atoms with Gasteiger partial charge in [0.2, 0.25) is 0 Å². The number of rotatable bonds is 3. The molecule has 0 aliphatic carbocycles. The monoisotopic (exact) mass is 217 g/mol. The van der Waals surface area contributed by atoms with Crippen molar-refractivity contribution in [2.75, 3.05) is 7.05 Å². The zero-order valence-corrected chi connectivity index (χ0v) is 8.33. The minimum absolute atomic E-state index is 0.827. The van der Waals surface area contributed by atoms with Crippen LogP contribution in [0, 0.1) is 0 Å². The molecule has 0 bridgehead atoms. The molecule has 0 saturated heterocycles. The summed E-state index contributed by atoms with van der Waals surface area (Å²) in [5, 5.41) is 3.06. The first kappa shape index (κ1) is 8.74. The van der Waals surface area contributed by atoms with Crippen molar-refractivity contribution >= 4 is 15.9 Å². The van der Waals surface area contributed by atoms with Crippen molar-refractivity contribution in [1.82, 2.24) is 15.3 Å². The fourth-order valence-electron chi connectivity index (χ4n) is 0.901. The second kappa shape index (κ2) is 3.88. The van der Waals surface area contributed by atoms with Crippen LogP contribution in [0.25, 0.3) is 0 Å². The summed E-state index contributed by atoms with van der Waals surface area (Å²) in [6.07, 6.45) is 0.947. The van der Waals surface area contributed by atoms with Crippen LogP contribution in [-0.2, 0) is 13.0 Å². The molecule has 1 aromatic rings. The van der Waals surface area contributed by atoms with E-state index in [1.54, 1.807) is 0 Å². The Hall–Kier alpha value is -0.350. The van der Waals surface area contributed by atoms with Crippen LogP contribution in [0.5, 0.6) is 0 Å². The third-order valence-electron chi connectivity index (χ3n) is 1.47. The largest absolute Gasteiger partial charge is 0.344 e. The van der Waals surface area contributed by atoms with Crippen LogP contribution in [0.4, 0.5) is 0 Å². The number of aromatic amines is 1. The average molecular weight is 218 g/mol. The molecule has 0 amide bonds. The highest BCUT2D eigenvalue weighted by atomic mass is 79.9. The van der Waals surface area contributed by atoms with Gasteiger partial charge in [-0.3, -0.25) is 0 Å². The molecule has 1 rings (SSSR count). The van der Waals surface area contributed by atoms with Gasteiger partial charge in [-0.05, 0) is 23.0 Å². The van der Waals surface area contributed by atoms with Gasteiger partial charge < -0.3 is 10.3 Å². The molecule has 0 aliphatic rings. The van der Waals surface area contributed by atoms with Crippen LogP contribution in [0.3, 0.4) is 0 Å². The van der Waals surface area contributed by atoms with E-state index in [4.69, 9.17) is 0 Å². The van der Waals surface area contributed by atoms with Gasteiger partial charge in [-0.25, -0.2) is 4.98 Å². The van der Waals surface area contributed by atoms with Crippen LogP contribution in [0.1, 0.15) is 18.4 Å². The van der Waals surface area contributed by atoms with Gasteiger partial charge in [-0.2, -0.15) is 0 Å². The maximum absolute atomic E-state index is 4.27. The van der Waals surface area contributed by atoms with Crippen molar-refractivity contribution in [2.24, 2.45) is 0 Å². The number of aromatic nitrogens is 2. The Morgan fingerprint density at radius 1 is 1.64 bits per heavy atom. The van der Waals surface area contributed by atoms with Crippen LogP contribution in [0.2, 0.25) is 0 Å². The summed E-state index contributed by atoms with van der Waals surface area (Å²) in [6.45, 7) is 2.90. The molecule has 0 aromatic carbocycles. The summed E-state index contributed by atoms with van der Waals surface area (Å²) in [5.41, 5.74) is 1.12. The predicted octanol–water partition coefficient (Wildman–Crippen LogP) is 1.45. The lowest BCUT2D eigenvalue weighted by Gasteiger charge is -1.93. The Balaban J connectivity index is 2.79. The lowest BCUT2D eigenvalue weighted by atomic mass is 10.4. The minimum Gasteiger partial charge on any atom is -0.344 e. The summed E-state index contributed by atoms with van der Waals surface area (Å²) >= 11 is 3.38. The number of hydrogen-bond donors (Lipinski definition) is 2. The highest BCUT2D eigenvalue weighted by Gasteiger charge is 2.03. The summed E-state index contributed by atoms with van der Waals surface area (Å²) in [4.78, 5) is 7.48. The van der Waals surface area contributed by atoms with Gasteiger partial charge in [-0.1, -0.05) is 6.92 Å². The molecule has 2 N–H and O–H groups in total. The molecule has 0 saturated carbocycles. The number of nitrogens with zero attached hydrogens (tertiary/aromatic N) is 1. The van der Waals surface area contributed by atoms with E-state index in [9.17, 15) is 0 Å². The zero-order valence-electron chi connectivity index (χ0n) is 6.74. The Kier molecular flexibility index (Phi) is 3.08. The molecule has 4 heteroatoms. The number of aryl methyl sites for hydroxylation is 1. The maximum Gasteiger partial charge on any atom is 0.128 e. The van der Waals surface area contributed by atoms with E-state index in [0.29, 0.717) is 0 Å². The van der Waals surface area contributed by atoms with Gasteiger partial charge in [0.05, 0.1) is 5.69 Å². The normalized spacial score (nSPS) is 10.5. The first-order valence-electron chi connectivity index (χ1n) is 3.65. The van der Waals surface area contributed by atoms with E-state index in [2.05, 4.69) is 38.1 Å². The molecule has 0 unspecified atom stereocenters. The molecule has 1 heterocycles. The molecule has 3 nitrogen and oxygen atoms in total. The molecular formula is C7H12BrN3. The van der Waals surface area contributed by atoms with Crippen LogP contribution < -0.4 is 5.32 Å². The molecule has 0 spiro atoms. The fourth-order valence-corrected chi connectivity index (χ4v) is 1.35. The van der Waals surface area contributed by atoms with Gasteiger partial charge in [-0.15, -0.1) is 0 Å². The minimum atomic E-state index is 0.827. The highest BCUT2D eigenvalue weighted by molar-refractivity contribution is 9.10. The second-order valence-electron chi connectivity index (χ2n) is 2.34. The number of nitrogens with one attached hydrogen (secondary N) is 2. The SMILES string of the molecule is CCc1nc(Br)c(CNC)[nH]1. The van der Waals surface area contributed by atoms with Crippen molar-refractivity contribution < 1.29 is 0 Å². The van der Waals surface area contributed by atoms with Gasteiger partial charge in [0.15, 0.2) is 0 Å². The fraction of sp³-hybridized carbons (Fsp3) is 0.571. The van der Waals surface area contributed by atoms with Crippen molar-refractivity contribution in [2.45, 2.75) is 19.9 Å². The Bertz CT molecular complexity index is 232. The first-order chi connectivity index (χ1) is 5.27. The highest BCUT2D eigenvalue weighted by Crippen LogP contribution is 2.13. The lowest BCUT2D eigenvalue weighted by Crippen LogP contribution is -2.05. The maximum atomic E-state index is 4.27. The molecule has 0 atom stereocenters. The smallest absolute Gasteiger partial charge is 0.128 e. The third kappa shape index (κ3) is 2.04. The Morgan fingerprint density at radius 2 is 2.36 bits per heavy atom. The van der Waals surface area contributed by atoms with Crippen molar-refractivity contribution in [3.8, 4) is 0 Å². The van der Waals surface area contributed by atoms with E-state index in [1.807, 2.05) is 7.05 Å². The molecule has 62 valence electrons. The average Bonchev–Trinajstić information content (AvgIpc) is 2.33. The zero-order chi connectivity index (χ0) is 8.27. The number of hydrogen-bond acceptors (Lipinski definition) is 2. The number of imidazole rings is 1. The number of halogens is 1. The Morgan fingerprint density at radius 3 is 2.82 bits per heavy atom. The second-order valence-corrected chi connectivity index (χ2v) is 3.09. The van der Waals surface area contributed by atoms with E-state index < -0.39 is 0 Å². The predicted molar refractivity (Wildman–Crippen MR) is 48.4 cm³/mol. The van der Waals surface area contributed by atoms with Gasteiger partial charge >= 0.3 is 0 Å². The summed E-state index contributed by atoms with van der Waals surface area (Å²) < 4.78 is 0.920. The molecular weight excluding hydrogens is 206 g/mol. The van der Waals surface area contributed by atoms with E-state index in [1.165, 1.54) is 0 Å². The Labute approximate surface area is 74.7 Å². The van der Waals surface area contributed by atoms with Crippen LogP contribution in [0.15, 0.2) is 4.60 Å². The molecule has 1 aromatic heterocycles. The van der Waals surface area contributed by atoms with E-state index in [0.717, 1.165) is 29.1 Å². The number of H-pyrrole nitrogens is 1. The van der Waals surface area contributed by atoms with Crippen molar-refractivity contribution in [3.63, 3.8) is 0 Å². The van der Waals surface area contributed by atoms with Gasteiger partial charge in [0, 0.05) is 13.0 Å². The summed E-state index contributed by atoms with van der Waals surface area (Å²) in [5.74, 6) is 1.03. The topological polar surface area (TPSA) is 40.7 Å². The lowest BCUT2D eigenvalue weighted by molar-refractivity contribution is 0.789.